The van der Waals surface area contributed by atoms with Crippen molar-refractivity contribution in [1.82, 2.24) is 0 Å². The van der Waals surface area contributed by atoms with Gasteiger partial charge in [0.1, 0.15) is 0 Å². The molecule has 0 aromatic carbocycles. The molecule has 1 radical (unpaired) electrons. The molecule has 0 amide bonds. The van der Waals surface area contributed by atoms with Crippen molar-refractivity contribution in [1.29, 1.82) is 0 Å². The van der Waals surface area contributed by atoms with Crippen LogP contribution < -0.4 is 0 Å². The van der Waals surface area contributed by atoms with E-state index in [2.05, 4.69) is 27.7 Å². The van der Waals surface area contributed by atoms with E-state index in [0.29, 0.717) is 11.8 Å². The molecule has 67 valence electrons. The van der Waals surface area contributed by atoms with Crippen LogP contribution in [0.3, 0.4) is 0 Å². The van der Waals surface area contributed by atoms with Gasteiger partial charge < -0.3 is 7.58 Å². The summed E-state index contributed by atoms with van der Waals surface area (Å²) in [5.41, 5.74) is 0. The maximum atomic E-state index is 5.31. The third-order valence-corrected chi connectivity index (χ3v) is 1.65. The van der Waals surface area contributed by atoms with Gasteiger partial charge in [-0.25, -0.2) is 0 Å². The lowest BCUT2D eigenvalue weighted by molar-refractivity contribution is 0.185. The van der Waals surface area contributed by atoms with Crippen LogP contribution in [0.4, 0.5) is 0 Å². The summed E-state index contributed by atoms with van der Waals surface area (Å²) < 4.78 is 10.6. The second-order valence-corrected chi connectivity index (χ2v) is 4.41. The lowest BCUT2D eigenvalue weighted by Gasteiger charge is -2.08. The van der Waals surface area contributed by atoms with Crippen molar-refractivity contribution in [2.75, 3.05) is 13.2 Å². The van der Waals surface area contributed by atoms with Gasteiger partial charge in [0.15, 0.2) is 0 Å². The summed E-state index contributed by atoms with van der Waals surface area (Å²) in [7, 11) is 0. The highest BCUT2D eigenvalue weighted by Crippen LogP contribution is 1.93. The molecule has 0 aliphatic carbocycles. The summed E-state index contributed by atoms with van der Waals surface area (Å²) in [6, 6.07) is 0. The Morgan fingerprint density at radius 3 is 1.64 bits per heavy atom. The van der Waals surface area contributed by atoms with Crippen LogP contribution >= 0.6 is 0 Å². The predicted octanol–water partition coefficient (Wildman–Crippen LogP) is 2.11. The number of hydrogen-bond donors (Lipinski definition) is 0. The van der Waals surface area contributed by atoms with Gasteiger partial charge in [-0.05, 0) is 11.8 Å². The zero-order valence-electron chi connectivity index (χ0n) is 7.96. The molecule has 0 heterocycles. The van der Waals surface area contributed by atoms with E-state index >= 15 is 0 Å². The van der Waals surface area contributed by atoms with E-state index in [9.17, 15) is 0 Å². The molecule has 0 rings (SSSR count). The monoisotopic (exact) mass is 175 g/mol. The molecule has 3 heteroatoms. The molecule has 0 N–H and O–H groups in total. The Hall–Kier alpha value is 0.452. The Bertz CT molecular complexity index is 79.1. The van der Waals surface area contributed by atoms with Crippen LogP contribution in [0.25, 0.3) is 0 Å². The maximum absolute atomic E-state index is 5.31. The highest BCUT2D eigenvalue weighted by atomic mass is 27.2. The van der Waals surface area contributed by atoms with Gasteiger partial charge in [-0.3, -0.25) is 0 Å². The Kier molecular flexibility index (Phi) is 7.41. The third kappa shape index (κ3) is 10.5. The van der Waals surface area contributed by atoms with Gasteiger partial charge in [0.2, 0.25) is 0 Å². The average molecular weight is 175 g/mol. The van der Waals surface area contributed by atoms with Crippen molar-refractivity contribution in [3.8, 4) is 0 Å². The van der Waals surface area contributed by atoms with Gasteiger partial charge in [-0.1, -0.05) is 27.7 Å². The Morgan fingerprint density at radius 2 is 1.36 bits per heavy atom. The first-order valence-electron chi connectivity index (χ1n) is 4.17. The molecule has 0 fully saturated rings. The van der Waals surface area contributed by atoms with E-state index in [-0.39, 0.29) is 17.3 Å². The van der Waals surface area contributed by atoms with Crippen molar-refractivity contribution in [3.05, 3.63) is 0 Å². The molecule has 0 spiro atoms. The summed E-state index contributed by atoms with van der Waals surface area (Å²) >= 11 is -0.228. The van der Waals surface area contributed by atoms with Crippen LogP contribution in [0.15, 0.2) is 0 Å². The van der Waals surface area contributed by atoms with Crippen molar-refractivity contribution in [2.45, 2.75) is 27.7 Å². The second-order valence-electron chi connectivity index (χ2n) is 3.55. The van der Waals surface area contributed by atoms with Gasteiger partial charge in [0.25, 0.3) is 0 Å². The summed E-state index contributed by atoms with van der Waals surface area (Å²) in [5.74, 6) is 1.23. The van der Waals surface area contributed by atoms with Crippen LogP contribution in [0.5, 0.6) is 0 Å². The lowest BCUT2D eigenvalue weighted by Crippen LogP contribution is -2.12. The van der Waals surface area contributed by atoms with Crippen LogP contribution in [-0.4, -0.2) is 29.1 Å². The maximum Gasteiger partial charge on any atom is 0.668 e. The minimum atomic E-state index is -0.228. The van der Waals surface area contributed by atoms with Gasteiger partial charge in [0, 0.05) is 14.6 Å². The topological polar surface area (TPSA) is 18.5 Å². The van der Waals surface area contributed by atoms with E-state index in [1.807, 2.05) is 0 Å². The summed E-state index contributed by atoms with van der Waals surface area (Å²) in [4.78, 5) is 0. The lowest BCUT2D eigenvalue weighted by atomic mass is 10.2. The molecule has 0 aromatic rings. The molecule has 11 heavy (non-hydrogen) atoms. The highest BCUT2D eigenvalue weighted by molar-refractivity contribution is 6.17. The summed E-state index contributed by atoms with van der Waals surface area (Å²) in [6.45, 7) is 10.2. The van der Waals surface area contributed by atoms with Gasteiger partial charge in [0.05, 0.1) is 0 Å². The molecular formula is C8H20AlO2. The minimum absolute atomic E-state index is 0. The molecule has 0 aliphatic rings. The van der Waals surface area contributed by atoms with E-state index in [0.717, 1.165) is 13.2 Å². The molecule has 0 aromatic heterocycles. The molecule has 0 aliphatic heterocycles. The van der Waals surface area contributed by atoms with Crippen LogP contribution in [-0.2, 0) is 7.58 Å². The fraction of sp³-hybridized carbons (Fsp3) is 1.00. The van der Waals surface area contributed by atoms with Crippen molar-refractivity contribution < 1.29 is 9.00 Å². The first-order chi connectivity index (χ1) is 5.13. The third-order valence-electron chi connectivity index (χ3n) is 0.995. The molecule has 0 saturated carbocycles. The highest BCUT2D eigenvalue weighted by Gasteiger charge is 2.00. The van der Waals surface area contributed by atoms with Gasteiger partial charge >= 0.3 is 15.9 Å². The molecule has 0 bridgehead atoms. The standard InChI is InChI=1S/2C4H9O.Al.H2/c2*1-4(2)3-5;;/h2*4H,3H2,1-2H3;;1H/q2*-1;+2;. The van der Waals surface area contributed by atoms with Crippen LogP contribution in [0.1, 0.15) is 29.1 Å². The predicted molar refractivity (Wildman–Crippen MR) is 49.4 cm³/mol. The minimum Gasteiger partial charge on any atom is -0.483 e. The van der Waals surface area contributed by atoms with Crippen molar-refractivity contribution in [2.24, 2.45) is 11.8 Å². The summed E-state index contributed by atoms with van der Waals surface area (Å²) in [5, 5.41) is 0. The van der Waals surface area contributed by atoms with Crippen molar-refractivity contribution in [3.63, 3.8) is 0 Å². The summed E-state index contributed by atoms with van der Waals surface area (Å²) in [6.07, 6.45) is 0. The van der Waals surface area contributed by atoms with Crippen LogP contribution in [0.2, 0.25) is 0 Å². The molecule has 0 atom stereocenters. The first-order valence-corrected chi connectivity index (χ1v) is 5.12. The quantitative estimate of drug-likeness (QED) is 0.454. The molecule has 2 nitrogen and oxygen atoms in total. The fourth-order valence-electron chi connectivity index (χ4n) is 0.512. The Labute approximate surface area is 78.1 Å². The average Bonchev–Trinajstić information content (AvgIpc) is 1.85. The van der Waals surface area contributed by atoms with Crippen molar-refractivity contribution >= 4 is 15.9 Å². The van der Waals surface area contributed by atoms with Gasteiger partial charge in [-0.15, -0.1) is 0 Å². The number of rotatable bonds is 6. The van der Waals surface area contributed by atoms with Crippen LogP contribution in [0, 0.1) is 11.8 Å². The first kappa shape index (κ1) is 11.5. The van der Waals surface area contributed by atoms with Gasteiger partial charge in [-0.2, -0.15) is 0 Å². The number of hydrogen-bond acceptors (Lipinski definition) is 2. The Balaban J connectivity index is 0. The zero-order chi connectivity index (χ0) is 8.69. The fourth-order valence-corrected chi connectivity index (χ4v) is 1.53. The molecular weight excluding hydrogens is 155 g/mol. The van der Waals surface area contributed by atoms with E-state index in [1.54, 1.807) is 0 Å². The smallest absolute Gasteiger partial charge is 0.483 e. The normalized spacial score (nSPS) is 11.1. The Morgan fingerprint density at radius 1 is 1.00 bits per heavy atom. The zero-order valence-corrected chi connectivity index (χ0v) is 9.12. The molecule has 0 saturated heterocycles. The largest absolute Gasteiger partial charge is 0.668 e. The van der Waals surface area contributed by atoms with E-state index < -0.39 is 0 Å². The van der Waals surface area contributed by atoms with E-state index in [4.69, 9.17) is 7.58 Å². The van der Waals surface area contributed by atoms with E-state index in [1.165, 1.54) is 0 Å². The second kappa shape index (κ2) is 7.12. The molecule has 0 unspecified atom stereocenters. The SMILES string of the molecule is CC(C)C[O][Al][O]CC(C)C.[HH].